The molecule has 0 spiro atoms. The van der Waals surface area contributed by atoms with Gasteiger partial charge in [0.15, 0.2) is 0 Å². The molecule has 1 aliphatic carbocycles. The van der Waals surface area contributed by atoms with E-state index in [1.807, 2.05) is 0 Å². The first-order valence-corrected chi connectivity index (χ1v) is 8.22. The van der Waals surface area contributed by atoms with E-state index < -0.39 is 0 Å². The maximum absolute atomic E-state index is 9.37. The molecule has 2 unspecified atom stereocenters. The predicted molar refractivity (Wildman–Crippen MR) is 89.5 cm³/mol. The molecule has 0 saturated heterocycles. The van der Waals surface area contributed by atoms with E-state index in [1.54, 1.807) is 0 Å². The minimum atomic E-state index is 0.157. The summed E-state index contributed by atoms with van der Waals surface area (Å²) in [4.78, 5) is 0. The highest BCUT2D eigenvalue weighted by Gasteiger charge is 2.34. The van der Waals surface area contributed by atoms with Crippen LogP contribution in [0, 0.1) is 5.41 Å². The van der Waals surface area contributed by atoms with Crippen LogP contribution in [0.15, 0.2) is 24.3 Å². The number of rotatable bonds is 4. The van der Waals surface area contributed by atoms with Crippen molar-refractivity contribution in [1.82, 2.24) is 5.32 Å². The highest BCUT2D eigenvalue weighted by atomic mass is 16.3. The number of aliphatic hydroxyl groups excluding tert-OH is 1. The Morgan fingerprint density at radius 3 is 2.57 bits per heavy atom. The number of hydrogen-bond acceptors (Lipinski definition) is 2. The van der Waals surface area contributed by atoms with E-state index in [1.165, 1.54) is 24.0 Å². The number of fused-ring (bicyclic) bond motifs is 1. The van der Waals surface area contributed by atoms with Gasteiger partial charge in [-0.2, -0.15) is 0 Å². The van der Waals surface area contributed by atoms with Gasteiger partial charge in [-0.1, -0.05) is 58.9 Å². The van der Waals surface area contributed by atoms with Gasteiger partial charge in [0.2, 0.25) is 0 Å². The molecule has 0 radical (unpaired) electrons. The van der Waals surface area contributed by atoms with Gasteiger partial charge < -0.3 is 10.4 Å². The Kier molecular flexibility index (Phi) is 4.79. The minimum absolute atomic E-state index is 0.157. The van der Waals surface area contributed by atoms with Crippen molar-refractivity contribution in [2.75, 3.05) is 6.61 Å². The number of nitrogens with one attached hydrogen (secondary N) is 1. The van der Waals surface area contributed by atoms with Crippen LogP contribution >= 0.6 is 0 Å². The van der Waals surface area contributed by atoms with Crippen LogP contribution in [0.3, 0.4) is 0 Å². The Morgan fingerprint density at radius 2 is 1.95 bits per heavy atom. The summed E-state index contributed by atoms with van der Waals surface area (Å²) in [6.45, 7) is 11.7. The summed E-state index contributed by atoms with van der Waals surface area (Å²) in [5.74, 6) is 0. The molecule has 2 atom stereocenters. The fourth-order valence-electron chi connectivity index (χ4n) is 3.52. The quantitative estimate of drug-likeness (QED) is 0.871. The second-order valence-electron chi connectivity index (χ2n) is 8.16. The monoisotopic (exact) mass is 289 g/mol. The number of aliphatic hydroxyl groups is 1. The van der Waals surface area contributed by atoms with Crippen molar-refractivity contribution in [1.29, 1.82) is 0 Å². The molecule has 118 valence electrons. The second kappa shape index (κ2) is 6.10. The van der Waals surface area contributed by atoms with Gasteiger partial charge in [-0.15, -0.1) is 0 Å². The normalized spacial score (nSPS) is 22.7. The van der Waals surface area contributed by atoms with E-state index in [-0.39, 0.29) is 17.4 Å². The topological polar surface area (TPSA) is 32.3 Å². The van der Waals surface area contributed by atoms with Crippen LogP contribution in [-0.4, -0.2) is 17.8 Å². The Morgan fingerprint density at radius 1 is 1.29 bits per heavy atom. The van der Waals surface area contributed by atoms with Gasteiger partial charge >= 0.3 is 0 Å². The zero-order chi connectivity index (χ0) is 15.7. The molecule has 0 fully saturated rings. The van der Waals surface area contributed by atoms with Crippen LogP contribution < -0.4 is 5.32 Å². The summed E-state index contributed by atoms with van der Waals surface area (Å²) in [6, 6.07) is 9.59. The highest BCUT2D eigenvalue weighted by molar-refractivity contribution is 5.38. The standard InChI is InChI=1S/C19H31NO/c1-18(2,3)17(11-13-21)20-16-10-12-19(4,5)15-9-7-6-8-14(15)16/h6-9,16-17,20-21H,10-13H2,1-5H3. The van der Waals surface area contributed by atoms with Crippen molar-refractivity contribution in [3.05, 3.63) is 35.4 Å². The van der Waals surface area contributed by atoms with Gasteiger partial charge in [0, 0.05) is 18.7 Å². The molecule has 2 heteroatoms. The summed E-state index contributed by atoms with van der Waals surface area (Å²) in [5, 5.41) is 13.2. The Balaban J connectivity index is 2.25. The molecule has 21 heavy (non-hydrogen) atoms. The predicted octanol–water partition coefficient (Wildman–Crippen LogP) is 4.19. The zero-order valence-electron chi connectivity index (χ0n) is 14.2. The van der Waals surface area contributed by atoms with E-state index in [9.17, 15) is 5.11 Å². The van der Waals surface area contributed by atoms with Crippen molar-refractivity contribution >= 4 is 0 Å². The van der Waals surface area contributed by atoms with Gasteiger partial charge in [0.25, 0.3) is 0 Å². The van der Waals surface area contributed by atoms with Gasteiger partial charge in [-0.3, -0.25) is 0 Å². The van der Waals surface area contributed by atoms with Crippen LogP contribution in [0.25, 0.3) is 0 Å². The van der Waals surface area contributed by atoms with Gasteiger partial charge in [0.05, 0.1) is 0 Å². The van der Waals surface area contributed by atoms with E-state index in [0.29, 0.717) is 12.1 Å². The first-order chi connectivity index (χ1) is 9.75. The third-order valence-electron chi connectivity index (χ3n) is 4.99. The molecule has 0 aromatic heterocycles. The molecule has 0 bridgehead atoms. The van der Waals surface area contributed by atoms with Crippen LogP contribution in [0.2, 0.25) is 0 Å². The molecule has 1 aliphatic rings. The third kappa shape index (κ3) is 3.67. The van der Waals surface area contributed by atoms with Crippen LogP contribution in [0.4, 0.5) is 0 Å². The molecule has 1 aromatic rings. The van der Waals surface area contributed by atoms with Crippen molar-refractivity contribution in [3.8, 4) is 0 Å². The fraction of sp³-hybridized carbons (Fsp3) is 0.684. The SMILES string of the molecule is CC1(C)CCC(NC(CCO)C(C)(C)C)c2ccccc21. The van der Waals surface area contributed by atoms with E-state index in [4.69, 9.17) is 0 Å². The van der Waals surface area contributed by atoms with Crippen LogP contribution in [-0.2, 0) is 5.41 Å². The molecule has 1 aromatic carbocycles. The lowest BCUT2D eigenvalue weighted by molar-refractivity contribution is 0.177. The molecule has 0 amide bonds. The van der Waals surface area contributed by atoms with Crippen LogP contribution in [0.1, 0.15) is 71.0 Å². The molecule has 0 saturated carbocycles. The zero-order valence-corrected chi connectivity index (χ0v) is 14.2. The lowest BCUT2D eigenvalue weighted by Crippen LogP contribution is -2.45. The smallest absolute Gasteiger partial charge is 0.0446 e. The summed E-state index contributed by atoms with van der Waals surface area (Å²) in [5.41, 5.74) is 3.35. The minimum Gasteiger partial charge on any atom is -0.396 e. The van der Waals surface area contributed by atoms with Gasteiger partial charge in [-0.25, -0.2) is 0 Å². The third-order valence-corrected chi connectivity index (χ3v) is 4.99. The average Bonchev–Trinajstić information content (AvgIpc) is 2.40. The lowest BCUT2D eigenvalue weighted by atomic mass is 9.70. The first-order valence-electron chi connectivity index (χ1n) is 8.22. The fourth-order valence-corrected chi connectivity index (χ4v) is 3.52. The first kappa shape index (κ1) is 16.5. The highest BCUT2D eigenvalue weighted by Crippen LogP contribution is 2.42. The van der Waals surface area contributed by atoms with E-state index in [2.05, 4.69) is 64.2 Å². The molecule has 2 nitrogen and oxygen atoms in total. The van der Waals surface area contributed by atoms with Crippen molar-refractivity contribution in [3.63, 3.8) is 0 Å². The molecule has 0 aliphatic heterocycles. The van der Waals surface area contributed by atoms with Gasteiger partial charge in [0.1, 0.15) is 0 Å². The Labute approximate surface area is 130 Å². The maximum Gasteiger partial charge on any atom is 0.0446 e. The van der Waals surface area contributed by atoms with Gasteiger partial charge in [-0.05, 0) is 41.2 Å². The second-order valence-corrected chi connectivity index (χ2v) is 8.16. The molecular weight excluding hydrogens is 258 g/mol. The largest absolute Gasteiger partial charge is 0.396 e. The van der Waals surface area contributed by atoms with E-state index in [0.717, 1.165) is 6.42 Å². The lowest BCUT2D eigenvalue weighted by Gasteiger charge is -2.41. The molecular formula is C19H31NO. The summed E-state index contributed by atoms with van der Waals surface area (Å²) >= 11 is 0. The van der Waals surface area contributed by atoms with Crippen molar-refractivity contribution in [2.45, 2.75) is 71.4 Å². The summed E-state index contributed by atoms with van der Waals surface area (Å²) < 4.78 is 0. The molecule has 0 heterocycles. The van der Waals surface area contributed by atoms with Crippen molar-refractivity contribution < 1.29 is 5.11 Å². The summed E-state index contributed by atoms with van der Waals surface area (Å²) in [7, 11) is 0. The Bertz CT molecular complexity index is 473. The van der Waals surface area contributed by atoms with Crippen LogP contribution in [0.5, 0.6) is 0 Å². The Hall–Kier alpha value is -0.860. The molecule has 2 rings (SSSR count). The average molecular weight is 289 g/mol. The van der Waals surface area contributed by atoms with E-state index >= 15 is 0 Å². The number of hydrogen-bond donors (Lipinski definition) is 2. The summed E-state index contributed by atoms with van der Waals surface area (Å²) in [6.07, 6.45) is 3.19. The molecule has 2 N–H and O–H groups in total. The van der Waals surface area contributed by atoms with Crippen molar-refractivity contribution in [2.24, 2.45) is 5.41 Å². The maximum atomic E-state index is 9.37. The number of benzene rings is 1.